The summed E-state index contributed by atoms with van der Waals surface area (Å²) >= 11 is 1.06. The summed E-state index contributed by atoms with van der Waals surface area (Å²) in [5.41, 5.74) is 5.31. The largest absolute Gasteiger partial charge is 0.449 e. The van der Waals surface area contributed by atoms with E-state index in [2.05, 4.69) is 34.9 Å². The number of carbonyl (C=O) groups excluding carboxylic acids is 5. The molecule has 14 heteroatoms. The van der Waals surface area contributed by atoms with Crippen molar-refractivity contribution in [1.29, 1.82) is 0 Å². The molecule has 0 bridgehead atoms. The Kier molecular flexibility index (Phi) is 11.9. The number of allylic oxidation sites excluding steroid dienone is 3. The van der Waals surface area contributed by atoms with Gasteiger partial charge in [0.2, 0.25) is 5.91 Å². The van der Waals surface area contributed by atoms with Crippen molar-refractivity contribution < 1.29 is 38.4 Å². The second-order valence-electron chi connectivity index (χ2n) is 13.8. The number of benzene rings is 4. The average molecular weight is 799 g/mol. The van der Waals surface area contributed by atoms with Crippen LogP contribution in [0.4, 0.5) is 10.5 Å². The van der Waals surface area contributed by atoms with E-state index in [4.69, 9.17) is 9.47 Å². The minimum atomic E-state index is -1.18. The van der Waals surface area contributed by atoms with Crippen LogP contribution < -0.4 is 10.6 Å². The number of rotatable bonds is 12. The monoisotopic (exact) mass is 798 g/mol. The molecule has 0 radical (unpaired) electrons. The highest BCUT2D eigenvalue weighted by atomic mass is 32.2. The third-order valence-corrected chi connectivity index (χ3v) is 11.4. The van der Waals surface area contributed by atoms with Gasteiger partial charge in [0.1, 0.15) is 29.8 Å². The molecule has 4 atom stereocenters. The molecule has 5 aliphatic rings. The molecule has 2 aliphatic heterocycles. The van der Waals surface area contributed by atoms with E-state index in [1.165, 1.54) is 53.4 Å². The summed E-state index contributed by atoms with van der Waals surface area (Å²) in [6, 6.07) is 30.1. The van der Waals surface area contributed by atoms with Crippen molar-refractivity contribution in [1.82, 2.24) is 15.5 Å². The Balaban J connectivity index is 0.000000771. The van der Waals surface area contributed by atoms with Gasteiger partial charge in [-0.2, -0.15) is 0 Å². The van der Waals surface area contributed by atoms with Gasteiger partial charge in [-0.3, -0.25) is 24.5 Å². The predicted octanol–water partition coefficient (Wildman–Crippen LogP) is 6.71. The molecule has 3 unspecified atom stereocenters. The first-order chi connectivity index (χ1) is 28.1. The minimum absolute atomic E-state index is 0.0122. The molecule has 3 aromatic carbocycles. The van der Waals surface area contributed by atoms with Crippen molar-refractivity contribution in [3.05, 3.63) is 172 Å². The van der Waals surface area contributed by atoms with Gasteiger partial charge in [0, 0.05) is 18.3 Å². The number of alkyl carbamates (subject to hydrolysis) is 1. The summed E-state index contributed by atoms with van der Waals surface area (Å²) in [5, 5.41) is 14.6. The van der Waals surface area contributed by atoms with Crippen LogP contribution in [0.1, 0.15) is 42.6 Å². The number of amides is 3. The van der Waals surface area contributed by atoms with E-state index in [-0.39, 0.29) is 23.7 Å². The van der Waals surface area contributed by atoms with E-state index in [1.807, 2.05) is 72.8 Å². The van der Waals surface area contributed by atoms with Crippen molar-refractivity contribution in [3.63, 3.8) is 0 Å². The summed E-state index contributed by atoms with van der Waals surface area (Å²) in [4.78, 5) is 78.3. The fraction of sp³-hybridized carbons (Fsp3) is 0.205. The van der Waals surface area contributed by atoms with Gasteiger partial charge in [-0.15, -0.1) is 11.8 Å². The number of β-lactam (4-membered cyclic amide) rings is 1. The third-order valence-electron chi connectivity index (χ3n) is 9.81. The molecule has 13 nitrogen and oxygen atoms in total. The lowest BCUT2D eigenvalue weighted by Gasteiger charge is -2.49. The van der Waals surface area contributed by atoms with Crippen molar-refractivity contribution in [2.24, 2.45) is 0 Å². The number of Topliss-reactive ketones (excluding diaryl/α,β-unsaturated/α-hetero) is 1. The molecule has 0 aromatic heterocycles. The number of esters is 1. The number of carbonyl (C=O) groups is 5. The first-order valence-corrected chi connectivity index (χ1v) is 19.4. The van der Waals surface area contributed by atoms with Crippen molar-refractivity contribution in [3.8, 4) is 11.1 Å². The van der Waals surface area contributed by atoms with Crippen LogP contribution in [0.15, 0.2) is 145 Å². The summed E-state index contributed by atoms with van der Waals surface area (Å²) in [6.07, 6.45) is 6.13. The van der Waals surface area contributed by atoms with Crippen LogP contribution in [-0.4, -0.2) is 62.2 Å². The molecule has 0 saturated carbocycles. The molecule has 2 N–H and O–H groups in total. The first kappa shape index (κ1) is 39.4. The second kappa shape index (κ2) is 17.6. The number of hydrogen-bond donors (Lipinski definition) is 2. The maximum absolute atomic E-state index is 13.7. The Bertz CT molecular complexity index is 2270. The van der Waals surface area contributed by atoms with Gasteiger partial charge < -0.3 is 25.0 Å². The molecular weight excluding hydrogens is 761 g/mol. The number of nitrogens with one attached hydrogen (secondary N) is 2. The lowest BCUT2D eigenvalue weighted by atomic mass is 9.96. The first-order valence-electron chi connectivity index (χ1n) is 18.5. The zero-order valence-corrected chi connectivity index (χ0v) is 32.0. The van der Waals surface area contributed by atoms with E-state index in [0.717, 1.165) is 22.9 Å². The fourth-order valence-electron chi connectivity index (χ4n) is 6.68. The Morgan fingerprint density at radius 3 is 2.09 bits per heavy atom. The fourth-order valence-corrected chi connectivity index (χ4v) is 8.09. The van der Waals surface area contributed by atoms with Crippen LogP contribution >= 0.6 is 11.8 Å². The third kappa shape index (κ3) is 9.08. The zero-order chi connectivity index (χ0) is 40.8. The topological polar surface area (TPSA) is 174 Å². The Labute approximate surface area is 337 Å². The lowest BCUT2D eigenvalue weighted by Crippen LogP contribution is -2.70. The van der Waals surface area contributed by atoms with Crippen LogP contribution in [-0.2, 0) is 35.3 Å². The van der Waals surface area contributed by atoms with Gasteiger partial charge in [-0.05, 0) is 71.4 Å². The van der Waals surface area contributed by atoms with E-state index < -0.39 is 57.6 Å². The van der Waals surface area contributed by atoms with E-state index in [1.54, 1.807) is 6.08 Å². The summed E-state index contributed by atoms with van der Waals surface area (Å²) < 4.78 is 11.3. The van der Waals surface area contributed by atoms with Gasteiger partial charge in [0.15, 0.2) is 6.10 Å². The van der Waals surface area contributed by atoms with Gasteiger partial charge in [0.05, 0.1) is 15.7 Å². The Morgan fingerprint density at radius 1 is 0.897 bits per heavy atom. The lowest BCUT2D eigenvalue weighted by molar-refractivity contribution is -0.384. The zero-order valence-electron chi connectivity index (χ0n) is 31.2. The molecule has 2 heterocycles. The normalized spacial score (nSPS) is 18.8. The van der Waals surface area contributed by atoms with Crippen LogP contribution in [0.25, 0.3) is 11.1 Å². The van der Waals surface area contributed by atoms with Crippen LogP contribution in [0.5, 0.6) is 0 Å². The van der Waals surface area contributed by atoms with Crippen LogP contribution in [0.3, 0.4) is 0 Å². The number of nitro groups is 1. The van der Waals surface area contributed by atoms with Crippen LogP contribution in [0.2, 0.25) is 0 Å². The average Bonchev–Trinajstić information content (AvgIpc) is 3.86. The molecule has 8 rings (SSSR count). The number of nitro benzene ring substituents is 1. The molecule has 1 saturated heterocycles. The maximum Gasteiger partial charge on any atom is 0.408 e. The van der Waals surface area contributed by atoms with Crippen molar-refractivity contribution in [2.45, 2.75) is 55.2 Å². The van der Waals surface area contributed by atoms with Crippen molar-refractivity contribution in [2.75, 3.05) is 0 Å². The van der Waals surface area contributed by atoms with Crippen molar-refractivity contribution >= 4 is 47.1 Å². The van der Waals surface area contributed by atoms with E-state index >= 15 is 0 Å². The molecule has 3 amide bonds. The number of ether oxygens (including phenoxy) is 2. The van der Waals surface area contributed by atoms with Gasteiger partial charge >= 0.3 is 12.1 Å². The maximum atomic E-state index is 13.7. The smallest absolute Gasteiger partial charge is 0.408 e. The molecule has 58 heavy (non-hydrogen) atoms. The second-order valence-corrected chi connectivity index (χ2v) is 15.0. The Hall–Kier alpha value is -6.80. The molecule has 0 spiro atoms. The number of ketones is 1. The number of thioether (sulfide) groups is 1. The van der Waals surface area contributed by atoms with Gasteiger partial charge in [-0.1, -0.05) is 97.1 Å². The molecule has 3 aromatic rings. The standard InChI is InChI=1S/C38H34N4O9S.C6H4/c1-23(43)33-29(37(46)51-32(26-13-7-3-8-14-26)27-15-9-4-10-16-27)21-41-35(45)31(36(41)52-33)39-34(44)30(25-11-5-2-6-12-25)40-38(47)50-22-24-17-19-28(20-18-24)42(48)49;1-2-5-4-6(5)3-1/h2-5,7-10,12-21,30-33,36H,6,11,22H2,1H3,(H,39,44)(H,40,47);1-4H/t30?,31?,33?,36-;/m1./s1. The number of hydrogen-bond acceptors (Lipinski definition) is 10. The summed E-state index contributed by atoms with van der Waals surface area (Å²) in [5.74, 6) is -2.24. The highest BCUT2D eigenvalue weighted by molar-refractivity contribution is 8.01. The SMILES string of the molecule is CC(=O)C1S[C@@H]2C(NC(=O)C(NC(=O)OCc3ccc([N+](=O)[O-])cc3)C3=CCC=CC3)C(=O)N2C=C1C(=O)OC(c1ccccc1)c1ccccc1.c1cc2cc-2c1. The van der Waals surface area contributed by atoms with E-state index in [9.17, 15) is 34.1 Å². The summed E-state index contributed by atoms with van der Waals surface area (Å²) in [6.45, 7) is 1.15. The van der Waals surface area contributed by atoms with Gasteiger partial charge in [0.25, 0.3) is 11.6 Å². The highest BCUT2D eigenvalue weighted by Gasteiger charge is 2.54. The molecule has 294 valence electrons. The van der Waals surface area contributed by atoms with Crippen LogP contribution in [0, 0.1) is 10.1 Å². The molecule has 3 aliphatic carbocycles. The predicted molar refractivity (Wildman–Crippen MR) is 216 cm³/mol. The minimum Gasteiger partial charge on any atom is -0.449 e. The molecule has 1 fully saturated rings. The number of non-ortho nitro benzene ring substituents is 1. The Morgan fingerprint density at radius 2 is 1.55 bits per heavy atom. The van der Waals surface area contributed by atoms with Gasteiger partial charge in [-0.25, -0.2) is 9.59 Å². The summed E-state index contributed by atoms with van der Waals surface area (Å²) in [7, 11) is 0. The van der Waals surface area contributed by atoms with E-state index in [0.29, 0.717) is 24.0 Å². The highest BCUT2D eigenvalue weighted by Crippen LogP contribution is 2.42. The number of nitrogens with zero attached hydrogens (tertiary/aromatic N) is 2. The molecular formula is C44H38N4O9S. The quantitative estimate of drug-likeness (QED) is 0.0454. The number of fused-ring (bicyclic) bond motifs is 2.